The summed E-state index contributed by atoms with van der Waals surface area (Å²) in [5, 5.41) is 0. The number of carbonyl (C=O) groups excluding carboxylic acids is 3. The van der Waals surface area contributed by atoms with Crippen molar-refractivity contribution < 1.29 is 14.4 Å². The van der Waals surface area contributed by atoms with E-state index in [1.165, 1.54) is 4.90 Å². The molecule has 1 heterocycles. The van der Waals surface area contributed by atoms with Crippen molar-refractivity contribution in [3.05, 3.63) is 34.9 Å². The van der Waals surface area contributed by atoms with Crippen LogP contribution in [0, 0.1) is 12.3 Å². The van der Waals surface area contributed by atoms with Gasteiger partial charge in [-0.15, -0.1) is 12.4 Å². The molecule has 1 aliphatic rings. The van der Waals surface area contributed by atoms with Crippen molar-refractivity contribution in [2.75, 3.05) is 20.1 Å². The molecule has 0 aliphatic carbocycles. The van der Waals surface area contributed by atoms with Crippen LogP contribution >= 0.6 is 12.4 Å². The van der Waals surface area contributed by atoms with E-state index in [1.807, 2.05) is 20.8 Å². The van der Waals surface area contributed by atoms with Gasteiger partial charge in [0.1, 0.15) is 6.04 Å². The first-order chi connectivity index (χ1) is 11.1. The van der Waals surface area contributed by atoms with Crippen molar-refractivity contribution in [1.29, 1.82) is 0 Å². The highest BCUT2D eigenvalue weighted by Crippen LogP contribution is 2.26. The number of amides is 3. The minimum absolute atomic E-state index is 0. The number of nitrogens with two attached hydrogens (primary N) is 1. The van der Waals surface area contributed by atoms with E-state index in [2.05, 4.69) is 0 Å². The molecule has 0 saturated heterocycles. The molecule has 0 aromatic heterocycles. The van der Waals surface area contributed by atoms with E-state index in [4.69, 9.17) is 5.73 Å². The van der Waals surface area contributed by atoms with E-state index < -0.39 is 17.9 Å². The lowest BCUT2D eigenvalue weighted by atomic mass is 9.93. The topological polar surface area (TPSA) is 83.7 Å². The molecule has 0 spiro atoms. The van der Waals surface area contributed by atoms with E-state index in [0.717, 1.165) is 10.5 Å². The molecular weight excluding hydrogens is 342 g/mol. The number of likely N-dealkylation sites (N-methyl/N-ethyl adjacent to an activating group) is 1. The third kappa shape index (κ3) is 4.02. The second-order valence-corrected chi connectivity index (χ2v) is 7.27. The number of hydrogen-bond acceptors (Lipinski definition) is 4. The van der Waals surface area contributed by atoms with E-state index >= 15 is 0 Å². The minimum atomic E-state index is -0.851. The monoisotopic (exact) mass is 367 g/mol. The third-order valence-electron chi connectivity index (χ3n) is 4.41. The fourth-order valence-electron chi connectivity index (χ4n) is 2.94. The normalized spacial score (nSPS) is 14.9. The summed E-state index contributed by atoms with van der Waals surface area (Å²) in [5.74, 6) is -1.10. The molecule has 1 aromatic carbocycles. The molecule has 0 bridgehead atoms. The summed E-state index contributed by atoms with van der Waals surface area (Å²) in [6.07, 6.45) is 0. The molecule has 2 N–H and O–H groups in total. The van der Waals surface area contributed by atoms with Crippen molar-refractivity contribution >= 4 is 30.1 Å². The first-order valence-corrected chi connectivity index (χ1v) is 8.02. The van der Waals surface area contributed by atoms with Gasteiger partial charge in [0.2, 0.25) is 5.91 Å². The Hall–Kier alpha value is -1.92. The molecular formula is C18H26ClN3O3. The summed E-state index contributed by atoms with van der Waals surface area (Å²) in [7, 11) is 1.67. The standard InChI is InChI=1S/C18H25N3O3.ClH/c1-11-6-7-13-14(8-11)17(24)21(16(13)23)12(2)15(22)20(5)10-18(3,4)9-19;/h6-8,12H,9-10,19H2,1-5H3;1H. The first kappa shape index (κ1) is 21.1. The Morgan fingerprint density at radius 2 is 1.80 bits per heavy atom. The Balaban J connectivity index is 0.00000312. The smallest absolute Gasteiger partial charge is 0.262 e. The molecule has 1 atom stereocenters. The third-order valence-corrected chi connectivity index (χ3v) is 4.41. The maximum Gasteiger partial charge on any atom is 0.262 e. The zero-order valence-electron chi connectivity index (χ0n) is 15.3. The van der Waals surface area contributed by atoms with Gasteiger partial charge in [0.15, 0.2) is 0 Å². The second kappa shape index (κ2) is 7.54. The summed E-state index contributed by atoms with van der Waals surface area (Å²) >= 11 is 0. The summed E-state index contributed by atoms with van der Waals surface area (Å²) in [6.45, 7) is 8.26. The van der Waals surface area contributed by atoms with Gasteiger partial charge < -0.3 is 10.6 Å². The van der Waals surface area contributed by atoms with Crippen LogP contribution in [0.2, 0.25) is 0 Å². The number of halogens is 1. The predicted molar refractivity (Wildman–Crippen MR) is 98.9 cm³/mol. The molecule has 0 saturated carbocycles. The van der Waals surface area contributed by atoms with Gasteiger partial charge in [-0.1, -0.05) is 25.5 Å². The molecule has 0 fully saturated rings. The minimum Gasteiger partial charge on any atom is -0.343 e. The molecule has 1 aliphatic heterocycles. The van der Waals surface area contributed by atoms with Crippen LogP contribution in [0.25, 0.3) is 0 Å². The Morgan fingerprint density at radius 1 is 1.24 bits per heavy atom. The van der Waals surface area contributed by atoms with Crippen LogP contribution in [-0.4, -0.2) is 53.7 Å². The molecule has 3 amide bonds. The summed E-state index contributed by atoms with van der Waals surface area (Å²) in [5.41, 5.74) is 7.10. The summed E-state index contributed by atoms with van der Waals surface area (Å²) in [6, 6.07) is 4.27. The van der Waals surface area contributed by atoms with Crippen molar-refractivity contribution in [2.24, 2.45) is 11.1 Å². The number of hydrogen-bond donors (Lipinski definition) is 1. The number of carbonyl (C=O) groups is 3. The lowest BCUT2D eigenvalue weighted by Crippen LogP contribution is -2.50. The molecule has 1 unspecified atom stereocenters. The molecule has 25 heavy (non-hydrogen) atoms. The van der Waals surface area contributed by atoms with E-state index in [0.29, 0.717) is 24.2 Å². The van der Waals surface area contributed by atoms with Gasteiger partial charge in [-0.05, 0) is 37.9 Å². The summed E-state index contributed by atoms with van der Waals surface area (Å²) < 4.78 is 0. The lowest BCUT2D eigenvalue weighted by molar-refractivity contribution is -0.134. The summed E-state index contributed by atoms with van der Waals surface area (Å²) in [4.78, 5) is 40.4. The van der Waals surface area contributed by atoms with Crippen molar-refractivity contribution in [3.63, 3.8) is 0 Å². The van der Waals surface area contributed by atoms with Gasteiger partial charge in [0.05, 0.1) is 11.1 Å². The highest BCUT2D eigenvalue weighted by atomic mass is 35.5. The SMILES string of the molecule is Cc1ccc2c(c1)C(=O)N(C(C)C(=O)N(C)CC(C)(C)CN)C2=O.Cl. The van der Waals surface area contributed by atoms with Crippen LogP contribution in [0.4, 0.5) is 0 Å². The zero-order chi connectivity index (χ0) is 18.2. The average molecular weight is 368 g/mol. The van der Waals surface area contributed by atoms with Crippen molar-refractivity contribution in [2.45, 2.75) is 33.7 Å². The van der Waals surface area contributed by atoms with Crippen molar-refractivity contribution in [3.8, 4) is 0 Å². The number of imide groups is 1. The molecule has 7 heteroatoms. The zero-order valence-corrected chi connectivity index (χ0v) is 16.1. The van der Waals surface area contributed by atoms with Crippen LogP contribution in [0.3, 0.4) is 0 Å². The van der Waals surface area contributed by atoms with Crippen LogP contribution < -0.4 is 5.73 Å². The number of nitrogens with zero attached hydrogens (tertiary/aromatic N) is 2. The quantitative estimate of drug-likeness (QED) is 0.805. The van der Waals surface area contributed by atoms with Gasteiger partial charge >= 0.3 is 0 Å². The average Bonchev–Trinajstić information content (AvgIpc) is 2.76. The second-order valence-electron chi connectivity index (χ2n) is 7.27. The fraction of sp³-hybridized carbons (Fsp3) is 0.500. The number of rotatable bonds is 5. The van der Waals surface area contributed by atoms with Gasteiger partial charge in [-0.2, -0.15) is 0 Å². The van der Waals surface area contributed by atoms with Crippen LogP contribution in [0.1, 0.15) is 47.1 Å². The van der Waals surface area contributed by atoms with Gasteiger partial charge in [-0.3, -0.25) is 19.3 Å². The van der Waals surface area contributed by atoms with Crippen LogP contribution in [-0.2, 0) is 4.79 Å². The largest absolute Gasteiger partial charge is 0.343 e. The lowest BCUT2D eigenvalue weighted by Gasteiger charge is -2.32. The maximum atomic E-state index is 12.7. The molecule has 1 aromatic rings. The van der Waals surface area contributed by atoms with Gasteiger partial charge in [-0.25, -0.2) is 0 Å². The van der Waals surface area contributed by atoms with Gasteiger partial charge in [0.25, 0.3) is 11.8 Å². The van der Waals surface area contributed by atoms with Gasteiger partial charge in [0, 0.05) is 13.6 Å². The van der Waals surface area contributed by atoms with Crippen LogP contribution in [0.5, 0.6) is 0 Å². The number of aryl methyl sites for hydroxylation is 1. The Kier molecular flexibility index (Phi) is 6.37. The number of fused-ring (bicyclic) bond motifs is 1. The highest BCUT2D eigenvalue weighted by molar-refractivity contribution is 6.22. The first-order valence-electron chi connectivity index (χ1n) is 8.02. The fourth-order valence-corrected chi connectivity index (χ4v) is 2.94. The molecule has 6 nitrogen and oxygen atoms in total. The Labute approximate surface area is 154 Å². The highest BCUT2D eigenvalue weighted by Gasteiger charge is 2.41. The van der Waals surface area contributed by atoms with E-state index in [-0.39, 0.29) is 23.7 Å². The van der Waals surface area contributed by atoms with E-state index in [1.54, 1.807) is 32.2 Å². The van der Waals surface area contributed by atoms with Crippen LogP contribution in [0.15, 0.2) is 18.2 Å². The van der Waals surface area contributed by atoms with E-state index in [9.17, 15) is 14.4 Å². The Morgan fingerprint density at radius 3 is 2.36 bits per heavy atom. The number of benzene rings is 1. The molecule has 138 valence electrons. The Bertz CT molecular complexity index is 703. The maximum absolute atomic E-state index is 12.7. The predicted octanol–water partition coefficient (Wildman–Crippen LogP) is 1.84. The molecule has 2 rings (SSSR count). The van der Waals surface area contributed by atoms with Crippen molar-refractivity contribution in [1.82, 2.24) is 9.80 Å². The molecule has 0 radical (unpaired) electrons.